The molecule has 0 radical (unpaired) electrons. The fourth-order valence-corrected chi connectivity index (χ4v) is 3.86. The summed E-state index contributed by atoms with van der Waals surface area (Å²) >= 11 is 0. The molecular formula is C23H21N3O. The Labute approximate surface area is 158 Å². The number of hydrogen-bond acceptors (Lipinski definition) is 3. The van der Waals surface area contributed by atoms with Crippen molar-refractivity contribution in [2.24, 2.45) is 0 Å². The standard InChI is InChI=1S/C23H21N3O/c1-14-11-20-21(12-15(14)2)26-22(16-7-6-8-17(13-16)27-3)24-19-10-5-4-9-18(19)23(26)25-20/h4-13,22,24H,1-3H3. The molecule has 0 saturated heterocycles. The molecule has 1 aromatic heterocycles. The average Bonchev–Trinajstić information content (AvgIpc) is 3.06. The lowest BCUT2D eigenvalue weighted by atomic mass is 10.0. The molecule has 134 valence electrons. The highest BCUT2D eigenvalue weighted by Gasteiger charge is 2.28. The van der Waals surface area contributed by atoms with E-state index < -0.39 is 0 Å². The van der Waals surface area contributed by atoms with Crippen LogP contribution in [0.3, 0.4) is 0 Å². The van der Waals surface area contributed by atoms with Gasteiger partial charge in [0, 0.05) is 11.3 Å². The highest BCUT2D eigenvalue weighted by atomic mass is 16.5. The van der Waals surface area contributed by atoms with Crippen LogP contribution in [0, 0.1) is 13.8 Å². The lowest BCUT2D eigenvalue weighted by Gasteiger charge is -2.30. The zero-order valence-corrected chi connectivity index (χ0v) is 15.7. The van der Waals surface area contributed by atoms with Crippen molar-refractivity contribution in [1.82, 2.24) is 9.55 Å². The third-order valence-corrected chi connectivity index (χ3v) is 5.43. The van der Waals surface area contributed by atoms with Crippen LogP contribution in [-0.2, 0) is 0 Å². The van der Waals surface area contributed by atoms with Gasteiger partial charge in [-0.1, -0.05) is 24.3 Å². The number of anilines is 1. The number of aryl methyl sites for hydroxylation is 2. The zero-order chi connectivity index (χ0) is 18.5. The molecule has 4 nitrogen and oxygen atoms in total. The van der Waals surface area contributed by atoms with E-state index in [1.54, 1.807) is 7.11 Å². The normalized spacial score (nSPS) is 15.1. The van der Waals surface area contributed by atoms with Crippen LogP contribution in [0.2, 0.25) is 0 Å². The second-order valence-electron chi connectivity index (χ2n) is 7.10. The predicted molar refractivity (Wildman–Crippen MR) is 109 cm³/mol. The number of rotatable bonds is 2. The summed E-state index contributed by atoms with van der Waals surface area (Å²) in [5.74, 6) is 1.85. The summed E-state index contributed by atoms with van der Waals surface area (Å²) in [6.45, 7) is 4.29. The van der Waals surface area contributed by atoms with Gasteiger partial charge in [0.25, 0.3) is 0 Å². The molecule has 3 aromatic carbocycles. The first-order chi connectivity index (χ1) is 13.2. The molecule has 0 saturated carbocycles. The number of nitrogens with zero attached hydrogens (tertiary/aromatic N) is 2. The Morgan fingerprint density at radius 2 is 1.78 bits per heavy atom. The van der Waals surface area contributed by atoms with Crippen molar-refractivity contribution < 1.29 is 4.74 Å². The molecule has 1 atom stereocenters. The first-order valence-corrected chi connectivity index (χ1v) is 9.15. The molecule has 0 bridgehead atoms. The van der Waals surface area contributed by atoms with E-state index in [9.17, 15) is 0 Å². The first kappa shape index (κ1) is 15.9. The SMILES string of the molecule is COc1cccc(C2Nc3ccccc3-c3nc4cc(C)c(C)cc4n32)c1. The summed E-state index contributed by atoms with van der Waals surface area (Å²) in [7, 11) is 1.70. The first-order valence-electron chi connectivity index (χ1n) is 9.15. The highest BCUT2D eigenvalue weighted by Crippen LogP contribution is 2.41. The maximum atomic E-state index is 5.45. The summed E-state index contributed by atoms with van der Waals surface area (Å²) in [6.07, 6.45) is -0.0443. The van der Waals surface area contributed by atoms with Crippen LogP contribution in [0.15, 0.2) is 60.7 Å². The van der Waals surface area contributed by atoms with Crippen LogP contribution in [0.4, 0.5) is 5.69 Å². The van der Waals surface area contributed by atoms with E-state index in [2.05, 4.69) is 72.3 Å². The number of aromatic nitrogens is 2. The van der Waals surface area contributed by atoms with E-state index in [1.807, 2.05) is 12.1 Å². The lowest BCUT2D eigenvalue weighted by molar-refractivity contribution is 0.413. The van der Waals surface area contributed by atoms with Gasteiger partial charge in [0.05, 0.1) is 18.1 Å². The Hall–Kier alpha value is -3.27. The monoisotopic (exact) mass is 355 g/mol. The minimum absolute atomic E-state index is 0.0443. The van der Waals surface area contributed by atoms with E-state index in [0.717, 1.165) is 39.4 Å². The molecule has 1 aliphatic rings. The van der Waals surface area contributed by atoms with Gasteiger partial charge in [-0.2, -0.15) is 0 Å². The Bertz CT molecular complexity index is 1180. The molecule has 5 rings (SSSR count). The van der Waals surface area contributed by atoms with Gasteiger partial charge in [0.1, 0.15) is 17.7 Å². The summed E-state index contributed by atoms with van der Waals surface area (Å²) in [6, 6.07) is 21.0. The summed E-state index contributed by atoms with van der Waals surface area (Å²) in [5.41, 5.74) is 8.07. The van der Waals surface area contributed by atoms with Crippen molar-refractivity contribution in [1.29, 1.82) is 0 Å². The molecule has 4 aromatic rings. The van der Waals surface area contributed by atoms with Gasteiger partial charge in [0.15, 0.2) is 0 Å². The van der Waals surface area contributed by atoms with Gasteiger partial charge in [-0.25, -0.2) is 4.98 Å². The number of imidazole rings is 1. The Morgan fingerprint density at radius 1 is 0.963 bits per heavy atom. The number of ether oxygens (including phenoxy) is 1. The topological polar surface area (TPSA) is 39.1 Å². The third-order valence-electron chi connectivity index (χ3n) is 5.43. The molecule has 1 unspecified atom stereocenters. The van der Waals surface area contributed by atoms with Crippen molar-refractivity contribution in [2.75, 3.05) is 12.4 Å². The number of fused-ring (bicyclic) bond motifs is 5. The van der Waals surface area contributed by atoms with Crippen LogP contribution in [0.1, 0.15) is 22.9 Å². The van der Waals surface area contributed by atoms with Gasteiger partial charge in [-0.05, 0) is 66.9 Å². The number of benzene rings is 3. The quantitative estimate of drug-likeness (QED) is 0.530. The van der Waals surface area contributed by atoms with E-state index in [1.165, 1.54) is 11.1 Å². The number of para-hydroxylation sites is 1. The summed E-state index contributed by atoms with van der Waals surface area (Å²) in [4.78, 5) is 5.01. The molecule has 2 heterocycles. The van der Waals surface area contributed by atoms with Crippen LogP contribution in [0.5, 0.6) is 5.75 Å². The molecule has 27 heavy (non-hydrogen) atoms. The smallest absolute Gasteiger partial charge is 0.145 e. The minimum atomic E-state index is -0.0443. The van der Waals surface area contributed by atoms with Crippen molar-refractivity contribution in [3.63, 3.8) is 0 Å². The van der Waals surface area contributed by atoms with Gasteiger partial charge in [-0.3, -0.25) is 4.57 Å². The third kappa shape index (κ3) is 2.40. The van der Waals surface area contributed by atoms with E-state index in [0.29, 0.717) is 0 Å². The van der Waals surface area contributed by atoms with Gasteiger partial charge >= 0.3 is 0 Å². The van der Waals surface area contributed by atoms with Crippen LogP contribution in [-0.4, -0.2) is 16.7 Å². The van der Waals surface area contributed by atoms with Crippen LogP contribution in [0.25, 0.3) is 22.4 Å². The molecule has 0 fully saturated rings. The minimum Gasteiger partial charge on any atom is -0.497 e. The van der Waals surface area contributed by atoms with Gasteiger partial charge in [0.2, 0.25) is 0 Å². The largest absolute Gasteiger partial charge is 0.497 e. The number of methoxy groups -OCH3 is 1. The second-order valence-corrected chi connectivity index (χ2v) is 7.10. The Balaban J connectivity index is 1.82. The van der Waals surface area contributed by atoms with E-state index >= 15 is 0 Å². The predicted octanol–water partition coefficient (Wildman–Crippen LogP) is 5.30. The van der Waals surface area contributed by atoms with Crippen molar-refractivity contribution in [3.05, 3.63) is 77.4 Å². The maximum Gasteiger partial charge on any atom is 0.145 e. The molecule has 0 amide bonds. The Morgan fingerprint density at radius 3 is 2.63 bits per heavy atom. The summed E-state index contributed by atoms with van der Waals surface area (Å²) < 4.78 is 7.76. The lowest BCUT2D eigenvalue weighted by Crippen LogP contribution is -2.24. The molecular weight excluding hydrogens is 334 g/mol. The number of hydrogen-bond donors (Lipinski definition) is 1. The van der Waals surface area contributed by atoms with Crippen LogP contribution < -0.4 is 10.1 Å². The van der Waals surface area contributed by atoms with Crippen molar-refractivity contribution in [2.45, 2.75) is 20.0 Å². The van der Waals surface area contributed by atoms with E-state index in [4.69, 9.17) is 9.72 Å². The van der Waals surface area contributed by atoms with Crippen molar-refractivity contribution >= 4 is 16.7 Å². The van der Waals surface area contributed by atoms with Crippen molar-refractivity contribution in [3.8, 4) is 17.1 Å². The van der Waals surface area contributed by atoms with Gasteiger partial charge in [-0.15, -0.1) is 0 Å². The van der Waals surface area contributed by atoms with E-state index in [-0.39, 0.29) is 6.17 Å². The summed E-state index contributed by atoms with van der Waals surface area (Å²) in [5, 5.41) is 3.70. The Kier molecular flexibility index (Phi) is 3.47. The van der Waals surface area contributed by atoms with Crippen LogP contribution >= 0.6 is 0 Å². The molecule has 4 heteroatoms. The average molecular weight is 355 g/mol. The molecule has 0 aliphatic carbocycles. The molecule has 0 spiro atoms. The number of nitrogens with one attached hydrogen (secondary N) is 1. The molecule has 1 aliphatic heterocycles. The molecule has 1 N–H and O–H groups in total. The second kappa shape index (κ2) is 5.88. The fraction of sp³-hybridized carbons (Fsp3) is 0.174. The maximum absolute atomic E-state index is 5.45. The fourth-order valence-electron chi connectivity index (χ4n) is 3.86. The van der Waals surface area contributed by atoms with Gasteiger partial charge < -0.3 is 10.1 Å². The zero-order valence-electron chi connectivity index (χ0n) is 15.7. The highest BCUT2D eigenvalue weighted by molar-refractivity contribution is 5.87.